The molecule has 0 saturated carbocycles. The molecule has 1 amide bonds. The van der Waals surface area contributed by atoms with Crippen molar-refractivity contribution in [2.45, 2.75) is 39.3 Å². The van der Waals surface area contributed by atoms with Crippen molar-refractivity contribution in [3.8, 4) is 11.4 Å². The summed E-state index contributed by atoms with van der Waals surface area (Å²) in [6, 6.07) is 7.68. The van der Waals surface area contributed by atoms with Crippen LogP contribution >= 0.6 is 0 Å². The number of hydrogen-bond donors (Lipinski definition) is 1. The molecule has 1 fully saturated rings. The van der Waals surface area contributed by atoms with Gasteiger partial charge in [0.05, 0.1) is 12.6 Å². The summed E-state index contributed by atoms with van der Waals surface area (Å²) in [7, 11) is 0. The molecule has 1 aromatic heterocycles. The average molecular weight is 357 g/mol. The fourth-order valence-electron chi connectivity index (χ4n) is 3.13. The van der Waals surface area contributed by atoms with E-state index in [1.165, 1.54) is 5.56 Å². The van der Waals surface area contributed by atoms with Crippen LogP contribution in [-0.4, -0.2) is 58.1 Å². The first-order valence-electron chi connectivity index (χ1n) is 9.23. The molecule has 1 saturated heterocycles. The molecular weight excluding hydrogens is 330 g/mol. The van der Waals surface area contributed by atoms with Gasteiger partial charge < -0.3 is 15.2 Å². The average Bonchev–Trinajstić information content (AvgIpc) is 3.11. The van der Waals surface area contributed by atoms with Crippen molar-refractivity contribution in [2.75, 3.05) is 26.2 Å². The van der Waals surface area contributed by atoms with Crippen LogP contribution in [0.1, 0.15) is 31.2 Å². The van der Waals surface area contributed by atoms with E-state index in [4.69, 9.17) is 10.3 Å². The Hall–Kier alpha value is -2.25. The number of amides is 1. The van der Waals surface area contributed by atoms with Crippen LogP contribution in [0.2, 0.25) is 0 Å². The van der Waals surface area contributed by atoms with Crippen LogP contribution in [0.5, 0.6) is 0 Å². The molecule has 0 radical (unpaired) electrons. The lowest BCUT2D eigenvalue weighted by atomic mass is 10.1. The number of nitrogens with zero attached hydrogens (tertiary/aromatic N) is 4. The zero-order chi connectivity index (χ0) is 18.5. The standard InChI is InChI=1S/C19H27N5O2/c1-3-4-16(20)19(25)24-11-9-23(10-12-24)13-17-21-18(22-26-17)15-7-5-14(2)6-8-15/h5-8,16H,3-4,9-13,20H2,1-2H3. The molecule has 1 aromatic carbocycles. The Morgan fingerprint density at radius 3 is 2.58 bits per heavy atom. The Morgan fingerprint density at radius 2 is 1.92 bits per heavy atom. The van der Waals surface area contributed by atoms with Crippen molar-refractivity contribution in [2.24, 2.45) is 5.73 Å². The molecule has 0 bridgehead atoms. The van der Waals surface area contributed by atoms with Crippen molar-refractivity contribution in [1.82, 2.24) is 19.9 Å². The van der Waals surface area contributed by atoms with Crippen LogP contribution < -0.4 is 5.73 Å². The van der Waals surface area contributed by atoms with E-state index in [1.807, 2.05) is 43.0 Å². The molecule has 2 heterocycles. The highest BCUT2D eigenvalue weighted by Crippen LogP contribution is 2.17. The van der Waals surface area contributed by atoms with Crippen molar-refractivity contribution >= 4 is 5.91 Å². The third kappa shape index (κ3) is 4.47. The van der Waals surface area contributed by atoms with Gasteiger partial charge in [-0.3, -0.25) is 9.69 Å². The summed E-state index contributed by atoms with van der Waals surface area (Å²) in [5.74, 6) is 1.27. The van der Waals surface area contributed by atoms with E-state index >= 15 is 0 Å². The van der Waals surface area contributed by atoms with Crippen LogP contribution in [0.25, 0.3) is 11.4 Å². The predicted molar refractivity (Wildman–Crippen MR) is 99.2 cm³/mol. The molecule has 2 N–H and O–H groups in total. The summed E-state index contributed by atoms with van der Waals surface area (Å²) in [5.41, 5.74) is 8.09. The van der Waals surface area contributed by atoms with Gasteiger partial charge in [0.25, 0.3) is 0 Å². The Bertz CT molecular complexity index is 720. The lowest BCUT2D eigenvalue weighted by Gasteiger charge is -2.35. The Morgan fingerprint density at radius 1 is 1.23 bits per heavy atom. The van der Waals surface area contributed by atoms with Crippen LogP contribution in [0.4, 0.5) is 0 Å². The third-order valence-electron chi connectivity index (χ3n) is 4.74. The second kappa shape index (κ2) is 8.42. The Kier molecular flexibility index (Phi) is 6.00. The van der Waals surface area contributed by atoms with Crippen molar-refractivity contribution in [3.63, 3.8) is 0 Å². The van der Waals surface area contributed by atoms with Gasteiger partial charge in [0, 0.05) is 31.7 Å². The molecule has 7 nitrogen and oxygen atoms in total. The van der Waals surface area contributed by atoms with Crippen LogP contribution in [0, 0.1) is 6.92 Å². The summed E-state index contributed by atoms with van der Waals surface area (Å²) in [5, 5.41) is 4.07. The Balaban J connectivity index is 1.52. The second-order valence-corrected chi connectivity index (χ2v) is 6.87. The largest absolute Gasteiger partial charge is 0.339 e. The first-order chi connectivity index (χ1) is 12.6. The van der Waals surface area contributed by atoms with Gasteiger partial charge in [-0.25, -0.2) is 0 Å². The first-order valence-corrected chi connectivity index (χ1v) is 9.23. The first kappa shape index (κ1) is 18.5. The maximum Gasteiger partial charge on any atom is 0.241 e. The number of aromatic nitrogens is 2. The van der Waals surface area contributed by atoms with E-state index in [0.29, 0.717) is 31.3 Å². The number of nitrogens with two attached hydrogens (primary N) is 1. The van der Waals surface area contributed by atoms with Gasteiger partial charge >= 0.3 is 0 Å². The third-order valence-corrected chi connectivity index (χ3v) is 4.74. The maximum atomic E-state index is 12.3. The van der Waals surface area contributed by atoms with Gasteiger partial charge in [-0.15, -0.1) is 0 Å². The normalized spacial score (nSPS) is 16.7. The lowest BCUT2D eigenvalue weighted by Crippen LogP contribution is -2.52. The molecule has 0 aliphatic carbocycles. The molecule has 140 valence electrons. The molecule has 1 aliphatic rings. The second-order valence-electron chi connectivity index (χ2n) is 6.87. The summed E-state index contributed by atoms with van der Waals surface area (Å²) < 4.78 is 5.39. The van der Waals surface area contributed by atoms with Crippen molar-refractivity contribution < 1.29 is 9.32 Å². The zero-order valence-corrected chi connectivity index (χ0v) is 15.5. The minimum absolute atomic E-state index is 0.0611. The number of hydrogen-bond acceptors (Lipinski definition) is 6. The van der Waals surface area contributed by atoms with Gasteiger partial charge in [-0.1, -0.05) is 48.3 Å². The number of benzene rings is 1. The topological polar surface area (TPSA) is 88.5 Å². The molecule has 1 unspecified atom stereocenters. The van der Waals surface area contributed by atoms with Gasteiger partial charge in [-0.05, 0) is 13.3 Å². The van der Waals surface area contributed by atoms with E-state index in [-0.39, 0.29) is 11.9 Å². The highest BCUT2D eigenvalue weighted by Gasteiger charge is 2.25. The van der Waals surface area contributed by atoms with E-state index in [0.717, 1.165) is 31.5 Å². The molecule has 7 heteroatoms. The zero-order valence-electron chi connectivity index (χ0n) is 15.5. The highest BCUT2D eigenvalue weighted by atomic mass is 16.5. The number of carbonyl (C=O) groups is 1. The van der Waals surface area contributed by atoms with Gasteiger partial charge in [-0.2, -0.15) is 4.98 Å². The van der Waals surface area contributed by atoms with Crippen molar-refractivity contribution in [3.05, 3.63) is 35.7 Å². The maximum absolute atomic E-state index is 12.3. The molecule has 1 atom stereocenters. The number of aryl methyl sites for hydroxylation is 1. The lowest BCUT2D eigenvalue weighted by molar-refractivity contribution is -0.134. The molecule has 2 aromatic rings. The SMILES string of the molecule is CCCC(N)C(=O)N1CCN(Cc2nc(-c3ccc(C)cc3)no2)CC1. The van der Waals surface area contributed by atoms with E-state index < -0.39 is 0 Å². The molecule has 0 spiro atoms. The van der Waals surface area contributed by atoms with Gasteiger partial charge in [0.1, 0.15) is 0 Å². The van der Waals surface area contributed by atoms with Gasteiger partial charge in [0.2, 0.25) is 17.6 Å². The van der Waals surface area contributed by atoms with Crippen LogP contribution in [0.15, 0.2) is 28.8 Å². The fraction of sp³-hybridized carbons (Fsp3) is 0.526. The van der Waals surface area contributed by atoms with E-state index in [2.05, 4.69) is 15.0 Å². The van der Waals surface area contributed by atoms with E-state index in [1.54, 1.807) is 0 Å². The number of rotatable bonds is 6. The number of carbonyl (C=O) groups excluding carboxylic acids is 1. The van der Waals surface area contributed by atoms with Gasteiger partial charge in [0.15, 0.2) is 0 Å². The molecule has 26 heavy (non-hydrogen) atoms. The molecular formula is C19H27N5O2. The smallest absolute Gasteiger partial charge is 0.241 e. The van der Waals surface area contributed by atoms with Crippen molar-refractivity contribution in [1.29, 1.82) is 0 Å². The minimum Gasteiger partial charge on any atom is -0.339 e. The van der Waals surface area contributed by atoms with E-state index in [9.17, 15) is 4.79 Å². The van der Waals surface area contributed by atoms with Crippen LogP contribution in [-0.2, 0) is 11.3 Å². The predicted octanol–water partition coefficient (Wildman–Crippen LogP) is 1.82. The number of piperazine rings is 1. The molecule has 3 rings (SSSR count). The monoisotopic (exact) mass is 357 g/mol. The minimum atomic E-state index is -0.375. The summed E-state index contributed by atoms with van der Waals surface area (Å²) in [6.45, 7) is 7.64. The highest BCUT2D eigenvalue weighted by molar-refractivity contribution is 5.81. The summed E-state index contributed by atoms with van der Waals surface area (Å²) in [4.78, 5) is 20.9. The van der Waals surface area contributed by atoms with Crippen LogP contribution in [0.3, 0.4) is 0 Å². The summed E-state index contributed by atoms with van der Waals surface area (Å²) in [6.07, 6.45) is 1.66. The quantitative estimate of drug-likeness (QED) is 0.848. The molecule has 1 aliphatic heterocycles. The Labute approximate surface area is 154 Å². The fourth-order valence-corrected chi connectivity index (χ4v) is 3.13. The summed E-state index contributed by atoms with van der Waals surface area (Å²) >= 11 is 0.